The number of nitrogens with zero attached hydrogens (tertiary/aromatic N) is 2. The van der Waals surface area contributed by atoms with E-state index in [1.165, 1.54) is 0 Å². The van der Waals surface area contributed by atoms with Crippen LogP contribution in [0.2, 0.25) is 0 Å². The highest BCUT2D eigenvalue weighted by molar-refractivity contribution is 5.96. The number of aromatic nitrogens is 2. The first-order chi connectivity index (χ1) is 14.1. The summed E-state index contributed by atoms with van der Waals surface area (Å²) in [6.07, 6.45) is 0. The van der Waals surface area contributed by atoms with Crippen molar-refractivity contribution in [2.45, 2.75) is 20.4 Å². The average molecular weight is 392 g/mol. The molecule has 2 N–H and O–H groups in total. The molecule has 150 valence electrons. The van der Waals surface area contributed by atoms with Gasteiger partial charge in [0.15, 0.2) is 0 Å². The Morgan fingerprint density at radius 1 is 1.03 bits per heavy atom. The van der Waals surface area contributed by atoms with Gasteiger partial charge in [0.1, 0.15) is 23.2 Å². The minimum atomic E-state index is -0.379. The van der Waals surface area contributed by atoms with Gasteiger partial charge >= 0.3 is 5.97 Å². The van der Waals surface area contributed by atoms with E-state index in [2.05, 4.69) is 20.6 Å². The highest BCUT2D eigenvalue weighted by atomic mass is 16.5. The van der Waals surface area contributed by atoms with Crippen LogP contribution < -0.4 is 15.4 Å². The van der Waals surface area contributed by atoms with E-state index < -0.39 is 0 Å². The minimum Gasteiger partial charge on any atom is -0.496 e. The zero-order valence-electron chi connectivity index (χ0n) is 16.7. The van der Waals surface area contributed by atoms with Gasteiger partial charge in [-0.3, -0.25) is 0 Å². The Balaban J connectivity index is 1.79. The van der Waals surface area contributed by atoms with Crippen molar-refractivity contribution in [3.8, 4) is 5.75 Å². The number of hydrogen-bond acceptors (Lipinski definition) is 7. The summed E-state index contributed by atoms with van der Waals surface area (Å²) >= 11 is 0. The van der Waals surface area contributed by atoms with E-state index >= 15 is 0 Å². The number of hydrogen-bond donors (Lipinski definition) is 2. The number of aryl methyl sites for hydroxylation is 1. The van der Waals surface area contributed by atoms with Crippen molar-refractivity contribution in [3.63, 3.8) is 0 Å². The standard InChI is InChI=1S/C22H24N4O3/c1-4-29-22(27)17-10-6-7-11-18(17)26-21-13-20(24-15(2)25-21)23-14-16-9-5-8-12-19(16)28-3/h5-13H,4,14H2,1-3H3,(H2,23,24,25,26). The smallest absolute Gasteiger partial charge is 0.340 e. The first-order valence-electron chi connectivity index (χ1n) is 9.35. The molecule has 0 bridgehead atoms. The summed E-state index contributed by atoms with van der Waals surface area (Å²) in [6.45, 7) is 4.47. The lowest BCUT2D eigenvalue weighted by atomic mass is 10.2. The lowest BCUT2D eigenvalue weighted by Gasteiger charge is -2.13. The van der Waals surface area contributed by atoms with Crippen molar-refractivity contribution < 1.29 is 14.3 Å². The molecule has 0 aliphatic carbocycles. The largest absolute Gasteiger partial charge is 0.496 e. The molecule has 0 radical (unpaired) electrons. The maximum absolute atomic E-state index is 12.2. The molecule has 3 rings (SSSR count). The second-order valence-electron chi connectivity index (χ2n) is 6.24. The summed E-state index contributed by atoms with van der Waals surface area (Å²) in [5.41, 5.74) is 2.10. The van der Waals surface area contributed by atoms with Crippen LogP contribution in [-0.4, -0.2) is 29.7 Å². The van der Waals surface area contributed by atoms with E-state index in [1.807, 2.05) is 43.3 Å². The Hall–Kier alpha value is -3.61. The third kappa shape index (κ3) is 5.22. The summed E-state index contributed by atoms with van der Waals surface area (Å²) < 4.78 is 10.5. The van der Waals surface area contributed by atoms with Crippen molar-refractivity contribution >= 4 is 23.3 Å². The van der Waals surface area contributed by atoms with Gasteiger partial charge in [0.05, 0.1) is 25.0 Å². The molecule has 1 aromatic heterocycles. The molecule has 3 aromatic rings. The number of nitrogens with one attached hydrogen (secondary N) is 2. The number of carbonyl (C=O) groups is 1. The molecular formula is C22H24N4O3. The highest BCUT2D eigenvalue weighted by Gasteiger charge is 2.13. The van der Waals surface area contributed by atoms with Crippen molar-refractivity contribution in [1.82, 2.24) is 9.97 Å². The number of para-hydroxylation sites is 2. The Bertz CT molecular complexity index is 991. The van der Waals surface area contributed by atoms with Gasteiger partial charge in [-0.2, -0.15) is 0 Å². The lowest BCUT2D eigenvalue weighted by molar-refractivity contribution is 0.0527. The van der Waals surface area contributed by atoms with Gasteiger partial charge in [0.2, 0.25) is 0 Å². The molecule has 0 atom stereocenters. The fraction of sp³-hybridized carbons (Fsp3) is 0.227. The van der Waals surface area contributed by atoms with Crippen LogP contribution in [0, 0.1) is 6.92 Å². The van der Waals surface area contributed by atoms with E-state index in [0.717, 1.165) is 11.3 Å². The Labute approximate surface area is 170 Å². The average Bonchev–Trinajstić information content (AvgIpc) is 2.72. The second-order valence-corrected chi connectivity index (χ2v) is 6.24. The number of rotatable bonds is 8. The number of benzene rings is 2. The number of anilines is 3. The first kappa shape index (κ1) is 20.1. The van der Waals surface area contributed by atoms with Crippen LogP contribution in [0.1, 0.15) is 28.7 Å². The third-order valence-corrected chi connectivity index (χ3v) is 4.18. The lowest BCUT2D eigenvalue weighted by Crippen LogP contribution is -2.09. The fourth-order valence-corrected chi connectivity index (χ4v) is 2.87. The van der Waals surface area contributed by atoms with Gasteiger partial charge in [-0.05, 0) is 32.0 Å². The molecule has 0 saturated carbocycles. The quantitative estimate of drug-likeness (QED) is 0.552. The summed E-state index contributed by atoms with van der Waals surface area (Å²) in [5.74, 6) is 2.28. The number of ether oxygens (including phenoxy) is 2. The van der Waals surface area contributed by atoms with Crippen molar-refractivity contribution in [2.75, 3.05) is 24.4 Å². The molecule has 0 aliphatic heterocycles. The van der Waals surface area contributed by atoms with Crippen LogP contribution in [0.3, 0.4) is 0 Å². The second kappa shape index (κ2) is 9.54. The predicted molar refractivity (Wildman–Crippen MR) is 113 cm³/mol. The molecule has 0 amide bonds. The summed E-state index contributed by atoms with van der Waals surface area (Å²) in [7, 11) is 1.65. The molecule has 7 heteroatoms. The van der Waals surface area contributed by atoms with Gasteiger partial charge in [-0.25, -0.2) is 14.8 Å². The Kier molecular flexibility index (Phi) is 6.63. The van der Waals surface area contributed by atoms with E-state index in [1.54, 1.807) is 32.2 Å². The van der Waals surface area contributed by atoms with Gasteiger partial charge in [-0.1, -0.05) is 30.3 Å². The summed E-state index contributed by atoms with van der Waals surface area (Å²) in [4.78, 5) is 21.1. The molecular weight excluding hydrogens is 368 g/mol. The van der Waals surface area contributed by atoms with Crippen LogP contribution in [0.25, 0.3) is 0 Å². The minimum absolute atomic E-state index is 0.316. The third-order valence-electron chi connectivity index (χ3n) is 4.18. The Morgan fingerprint density at radius 2 is 1.76 bits per heavy atom. The highest BCUT2D eigenvalue weighted by Crippen LogP contribution is 2.23. The van der Waals surface area contributed by atoms with Gasteiger partial charge in [0, 0.05) is 18.2 Å². The van der Waals surface area contributed by atoms with Crippen LogP contribution in [0.15, 0.2) is 54.6 Å². The van der Waals surface area contributed by atoms with Crippen LogP contribution in [-0.2, 0) is 11.3 Å². The molecule has 7 nitrogen and oxygen atoms in total. The van der Waals surface area contributed by atoms with Crippen LogP contribution in [0.5, 0.6) is 5.75 Å². The molecule has 0 aliphatic rings. The van der Waals surface area contributed by atoms with Crippen molar-refractivity contribution in [3.05, 3.63) is 71.5 Å². The molecule has 1 heterocycles. The summed E-state index contributed by atoms with van der Waals surface area (Å²) in [5, 5.41) is 6.49. The molecule has 0 spiro atoms. The van der Waals surface area contributed by atoms with E-state index in [-0.39, 0.29) is 5.97 Å². The number of carbonyl (C=O) groups excluding carboxylic acids is 1. The monoisotopic (exact) mass is 392 g/mol. The maximum Gasteiger partial charge on any atom is 0.340 e. The van der Waals surface area contributed by atoms with E-state index in [4.69, 9.17) is 9.47 Å². The van der Waals surface area contributed by atoms with Crippen LogP contribution >= 0.6 is 0 Å². The van der Waals surface area contributed by atoms with Crippen LogP contribution in [0.4, 0.5) is 17.3 Å². The van der Waals surface area contributed by atoms with Crippen molar-refractivity contribution in [2.24, 2.45) is 0 Å². The molecule has 29 heavy (non-hydrogen) atoms. The van der Waals surface area contributed by atoms with Crippen molar-refractivity contribution in [1.29, 1.82) is 0 Å². The van der Waals surface area contributed by atoms with Gasteiger partial charge in [0.25, 0.3) is 0 Å². The maximum atomic E-state index is 12.2. The molecule has 2 aromatic carbocycles. The first-order valence-corrected chi connectivity index (χ1v) is 9.35. The summed E-state index contributed by atoms with van der Waals surface area (Å²) in [6, 6.07) is 16.8. The Morgan fingerprint density at radius 3 is 2.55 bits per heavy atom. The fourth-order valence-electron chi connectivity index (χ4n) is 2.87. The van der Waals surface area contributed by atoms with E-state index in [9.17, 15) is 4.79 Å². The number of esters is 1. The normalized spacial score (nSPS) is 10.3. The van der Waals surface area contributed by atoms with Gasteiger partial charge < -0.3 is 20.1 Å². The van der Waals surface area contributed by atoms with E-state index in [0.29, 0.717) is 41.9 Å². The topological polar surface area (TPSA) is 85.4 Å². The van der Waals surface area contributed by atoms with Gasteiger partial charge in [-0.15, -0.1) is 0 Å². The molecule has 0 unspecified atom stereocenters. The number of methoxy groups -OCH3 is 1. The molecule has 0 saturated heterocycles. The molecule has 0 fully saturated rings. The zero-order valence-corrected chi connectivity index (χ0v) is 16.7. The SMILES string of the molecule is CCOC(=O)c1ccccc1Nc1cc(NCc2ccccc2OC)nc(C)n1. The zero-order chi connectivity index (χ0) is 20.6. The predicted octanol–water partition coefficient (Wildman–Crippen LogP) is 4.33.